The topological polar surface area (TPSA) is 37.3 Å². The monoisotopic (exact) mass is 228 g/mol. The number of rotatable bonds is 1. The molecular weight excluding hydrogens is 220 g/mol. The van der Waals surface area contributed by atoms with E-state index in [4.69, 9.17) is 0 Å². The molecule has 0 aliphatic heterocycles. The van der Waals surface area contributed by atoms with Crippen LogP contribution in [-0.2, 0) is 0 Å². The molecule has 64 valence electrons. The maximum Gasteiger partial charge on any atom is 0.163 e. The summed E-state index contributed by atoms with van der Waals surface area (Å²) in [5.74, 6) is -0.0867. The van der Waals surface area contributed by atoms with Crippen molar-refractivity contribution in [2.75, 3.05) is 0 Å². The van der Waals surface area contributed by atoms with Crippen molar-refractivity contribution in [1.29, 1.82) is 0 Å². The van der Waals surface area contributed by atoms with Crippen molar-refractivity contribution in [2.45, 2.75) is 13.8 Å². The molecule has 0 bridgehead atoms. The number of halogens is 1. The van der Waals surface area contributed by atoms with E-state index in [2.05, 4.69) is 15.9 Å². The van der Waals surface area contributed by atoms with Crippen LogP contribution in [0.15, 0.2) is 16.6 Å². The van der Waals surface area contributed by atoms with Gasteiger partial charge in [-0.1, -0.05) is 15.9 Å². The summed E-state index contributed by atoms with van der Waals surface area (Å²) >= 11 is 3.29. The van der Waals surface area contributed by atoms with Crippen molar-refractivity contribution in [3.8, 4) is 5.75 Å². The van der Waals surface area contributed by atoms with Crippen LogP contribution < -0.4 is 0 Å². The number of Topliss-reactive ketones (excluding diaryl/α,β-unsaturated/α-hetero) is 1. The van der Waals surface area contributed by atoms with E-state index in [9.17, 15) is 9.90 Å². The fourth-order valence-electron chi connectivity index (χ4n) is 0.948. The van der Waals surface area contributed by atoms with Crippen LogP contribution in [-0.4, -0.2) is 10.9 Å². The Morgan fingerprint density at radius 3 is 2.58 bits per heavy atom. The molecule has 1 rings (SSSR count). The third kappa shape index (κ3) is 1.67. The number of phenolic OH excluding ortho intramolecular Hbond substituents is 1. The fraction of sp³-hybridized carbons (Fsp3) is 0.222. The number of ketones is 1. The van der Waals surface area contributed by atoms with Crippen molar-refractivity contribution in [1.82, 2.24) is 0 Å². The van der Waals surface area contributed by atoms with Gasteiger partial charge in [-0.15, -0.1) is 0 Å². The van der Waals surface area contributed by atoms with Crippen molar-refractivity contribution < 1.29 is 9.90 Å². The minimum atomic E-state index is -0.131. The number of aryl methyl sites for hydroxylation is 1. The first kappa shape index (κ1) is 9.26. The van der Waals surface area contributed by atoms with Crippen LogP contribution in [0.25, 0.3) is 0 Å². The molecule has 0 aromatic heterocycles. The Bertz CT molecular complexity index is 332. The Morgan fingerprint density at radius 1 is 1.50 bits per heavy atom. The number of hydrogen-bond acceptors (Lipinski definition) is 2. The number of phenols is 1. The van der Waals surface area contributed by atoms with Gasteiger partial charge in [-0.25, -0.2) is 0 Å². The predicted octanol–water partition coefficient (Wildman–Crippen LogP) is 2.67. The van der Waals surface area contributed by atoms with Gasteiger partial charge in [0.15, 0.2) is 5.78 Å². The van der Waals surface area contributed by atoms with Gasteiger partial charge >= 0.3 is 0 Å². The molecule has 1 aromatic carbocycles. The number of benzene rings is 1. The van der Waals surface area contributed by atoms with Gasteiger partial charge in [-0.3, -0.25) is 4.79 Å². The fourth-order valence-corrected chi connectivity index (χ4v) is 1.29. The zero-order chi connectivity index (χ0) is 9.30. The molecule has 0 unspecified atom stereocenters. The van der Waals surface area contributed by atoms with Crippen LogP contribution in [0, 0.1) is 6.92 Å². The first-order valence-corrected chi connectivity index (χ1v) is 4.31. The normalized spacial score (nSPS) is 9.92. The lowest BCUT2D eigenvalue weighted by atomic mass is 10.1. The van der Waals surface area contributed by atoms with E-state index in [0.29, 0.717) is 5.56 Å². The van der Waals surface area contributed by atoms with Gasteiger partial charge in [-0.05, 0) is 31.5 Å². The van der Waals surface area contributed by atoms with Crippen LogP contribution >= 0.6 is 15.9 Å². The molecule has 0 saturated carbocycles. The van der Waals surface area contributed by atoms with Crippen molar-refractivity contribution in [2.24, 2.45) is 0 Å². The van der Waals surface area contributed by atoms with E-state index < -0.39 is 0 Å². The lowest BCUT2D eigenvalue weighted by Gasteiger charge is -2.03. The van der Waals surface area contributed by atoms with Gasteiger partial charge in [-0.2, -0.15) is 0 Å². The van der Waals surface area contributed by atoms with Crippen LogP contribution in [0.4, 0.5) is 0 Å². The second-order valence-electron chi connectivity index (χ2n) is 2.67. The highest BCUT2D eigenvalue weighted by atomic mass is 79.9. The highest BCUT2D eigenvalue weighted by Gasteiger charge is 2.08. The Labute approximate surface area is 79.3 Å². The molecule has 0 aliphatic rings. The van der Waals surface area contributed by atoms with Gasteiger partial charge in [0.1, 0.15) is 5.75 Å². The second-order valence-corrected chi connectivity index (χ2v) is 3.53. The van der Waals surface area contributed by atoms with E-state index in [1.807, 2.05) is 6.92 Å². The Morgan fingerprint density at radius 2 is 2.08 bits per heavy atom. The zero-order valence-electron chi connectivity index (χ0n) is 6.89. The van der Waals surface area contributed by atoms with Gasteiger partial charge in [0, 0.05) is 4.47 Å². The third-order valence-electron chi connectivity index (χ3n) is 1.66. The molecule has 0 fully saturated rings. The molecule has 0 saturated heterocycles. The van der Waals surface area contributed by atoms with Gasteiger partial charge < -0.3 is 5.11 Å². The van der Waals surface area contributed by atoms with E-state index in [-0.39, 0.29) is 11.5 Å². The van der Waals surface area contributed by atoms with Crippen LogP contribution in [0.2, 0.25) is 0 Å². The minimum absolute atomic E-state index is 0.0446. The largest absolute Gasteiger partial charge is 0.507 e. The molecule has 1 aromatic rings. The summed E-state index contributed by atoms with van der Waals surface area (Å²) in [5.41, 5.74) is 1.27. The maximum atomic E-state index is 10.9. The maximum absolute atomic E-state index is 10.9. The summed E-state index contributed by atoms with van der Waals surface area (Å²) in [6, 6.07) is 3.20. The van der Waals surface area contributed by atoms with Crippen LogP contribution in [0.5, 0.6) is 5.75 Å². The van der Waals surface area contributed by atoms with E-state index in [0.717, 1.165) is 10.0 Å². The molecule has 2 nitrogen and oxygen atoms in total. The predicted molar refractivity (Wildman–Crippen MR) is 50.5 cm³/mol. The second kappa shape index (κ2) is 3.27. The molecule has 0 spiro atoms. The van der Waals surface area contributed by atoms with Crippen molar-refractivity contribution in [3.05, 3.63) is 27.7 Å². The van der Waals surface area contributed by atoms with Crippen molar-refractivity contribution >= 4 is 21.7 Å². The van der Waals surface area contributed by atoms with Gasteiger partial charge in [0.05, 0.1) is 5.56 Å². The molecule has 0 aliphatic carbocycles. The zero-order valence-corrected chi connectivity index (χ0v) is 8.47. The SMILES string of the molecule is CC(=O)c1cc(Br)c(C)cc1O. The standard InChI is InChI=1S/C9H9BrO2/c1-5-3-9(12)7(6(2)11)4-8(5)10/h3-4,12H,1-2H3. The quantitative estimate of drug-likeness (QED) is 0.751. The summed E-state index contributed by atoms with van der Waals surface area (Å²) < 4.78 is 0.838. The Kier molecular flexibility index (Phi) is 2.52. The summed E-state index contributed by atoms with van der Waals surface area (Å²) in [6.45, 7) is 3.28. The lowest BCUT2D eigenvalue weighted by Crippen LogP contribution is -1.93. The Balaban J connectivity index is 3.33. The average molecular weight is 229 g/mol. The molecule has 12 heavy (non-hydrogen) atoms. The van der Waals surface area contributed by atoms with Gasteiger partial charge in [0.2, 0.25) is 0 Å². The lowest BCUT2D eigenvalue weighted by molar-refractivity contribution is 0.101. The number of carbonyl (C=O) groups is 1. The molecular formula is C9H9BrO2. The molecule has 0 amide bonds. The number of aromatic hydroxyl groups is 1. The van der Waals surface area contributed by atoms with E-state index in [1.165, 1.54) is 6.92 Å². The van der Waals surface area contributed by atoms with Crippen molar-refractivity contribution in [3.63, 3.8) is 0 Å². The molecule has 1 N–H and O–H groups in total. The summed E-state index contributed by atoms with van der Waals surface area (Å²) in [6.07, 6.45) is 0. The summed E-state index contributed by atoms with van der Waals surface area (Å²) in [4.78, 5) is 10.9. The highest BCUT2D eigenvalue weighted by Crippen LogP contribution is 2.25. The minimum Gasteiger partial charge on any atom is -0.507 e. The molecule has 0 radical (unpaired) electrons. The first-order valence-electron chi connectivity index (χ1n) is 3.52. The molecule has 0 heterocycles. The highest BCUT2D eigenvalue weighted by molar-refractivity contribution is 9.10. The number of hydrogen-bond donors (Lipinski definition) is 1. The first-order chi connectivity index (χ1) is 5.52. The van der Waals surface area contributed by atoms with Crippen LogP contribution in [0.1, 0.15) is 22.8 Å². The molecule has 0 atom stereocenters. The van der Waals surface area contributed by atoms with Gasteiger partial charge in [0.25, 0.3) is 0 Å². The van der Waals surface area contributed by atoms with Crippen LogP contribution in [0.3, 0.4) is 0 Å². The summed E-state index contributed by atoms with van der Waals surface area (Å²) in [5, 5.41) is 9.34. The van der Waals surface area contributed by atoms with E-state index >= 15 is 0 Å². The number of carbonyl (C=O) groups excluding carboxylic acids is 1. The third-order valence-corrected chi connectivity index (χ3v) is 2.51. The van der Waals surface area contributed by atoms with E-state index in [1.54, 1.807) is 12.1 Å². The summed E-state index contributed by atoms with van der Waals surface area (Å²) in [7, 11) is 0. The smallest absolute Gasteiger partial charge is 0.163 e. The Hall–Kier alpha value is -0.830. The average Bonchev–Trinajstić information content (AvgIpc) is 1.96. The molecule has 3 heteroatoms.